The molecule has 2 unspecified atom stereocenters. The number of nitrogens with one attached hydrogen (secondary N) is 1. The van der Waals surface area contributed by atoms with Gasteiger partial charge in [0.1, 0.15) is 0 Å². The van der Waals surface area contributed by atoms with Gasteiger partial charge in [-0.05, 0) is 36.2 Å². The largest absolute Gasteiger partial charge is 0.302 e. The minimum atomic E-state index is -3.17. The smallest absolute Gasteiger partial charge is 0.180 e. The summed E-state index contributed by atoms with van der Waals surface area (Å²) in [5.41, 5.74) is 1.94. The van der Waals surface area contributed by atoms with E-state index in [4.69, 9.17) is 11.6 Å². The van der Waals surface area contributed by atoms with E-state index < -0.39 is 9.84 Å². The standard InChI is InChI=1S/C16H16ClNO2S/c1-11(12-6-8-13(17)9-7-12)18-15-10-21(19,20)16-5-3-2-4-14(15)16/h2-9,11,15,18H,10H2,1H3. The molecule has 3 nitrogen and oxygen atoms in total. The molecular formula is C16H16ClNO2S. The van der Waals surface area contributed by atoms with E-state index in [1.165, 1.54) is 0 Å². The van der Waals surface area contributed by atoms with Gasteiger partial charge < -0.3 is 5.32 Å². The molecule has 0 bridgehead atoms. The maximum absolute atomic E-state index is 12.2. The van der Waals surface area contributed by atoms with Crippen LogP contribution in [0.4, 0.5) is 0 Å². The molecular weight excluding hydrogens is 306 g/mol. The lowest BCUT2D eigenvalue weighted by molar-refractivity contribution is 0.497. The molecule has 0 saturated carbocycles. The summed E-state index contributed by atoms with van der Waals surface area (Å²) < 4.78 is 24.3. The van der Waals surface area contributed by atoms with Crippen molar-refractivity contribution in [1.29, 1.82) is 0 Å². The van der Waals surface area contributed by atoms with Gasteiger partial charge in [0.05, 0.1) is 10.6 Å². The van der Waals surface area contributed by atoms with Crippen LogP contribution >= 0.6 is 11.6 Å². The minimum Gasteiger partial charge on any atom is -0.302 e. The van der Waals surface area contributed by atoms with Crippen LogP contribution in [0.2, 0.25) is 5.02 Å². The Morgan fingerprint density at radius 3 is 2.52 bits per heavy atom. The Balaban J connectivity index is 1.85. The molecule has 3 rings (SSSR count). The van der Waals surface area contributed by atoms with Gasteiger partial charge in [0.15, 0.2) is 9.84 Å². The molecule has 0 radical (unpaired) electrons. The van der Waals surface area contributed by atoms with Gasteiger partial charge in [0, 0.05) is 17.1 Å². The van der Waals surface area contributed by atoms with Crippen molar-refractivity contribution in [2.45, 2.75) is 23.9 Å². The van der Waals surface area contributed by atoms with E-state index in [1.54, 1.807) is 12.1 Å². The van der Waals surface area contributed by atoms with Gasteiger partial charge in [0.25, 0.3) is 0 Å². The molecule has 21 heavy (non-hydrogen) atoms. The van der Waals surface area contributed by atoms with Gasteiger partial charge in [-0.3, -0.25) is 0 Å². The molecule has 1 heterocycles. The van der Waals surface area contributed by atoms with E-state index in [9.17, 15) is 8.42 Å². The van der Waals surface area contributed by atoms with Gasteiger partial charge in [-0.25, -0.2) is 8.42 Å². The quantitative estimate of drug-likeness (QED) is 0.941. The summed E-state index contributed by atoms with van der Waals surface area (Å²) in [4.78, 5) is 0.450. The van der Waals surface area contributed by atoms with Gasteiger partial charge in [0.2, 0.25) is 0 Å². The summed E-state index contributed by atoms with van der Waals surface area (Å²) in [6.45, 7) is 2.02. The summed E-state index contributed by atoms with van der Waals surface area (Å²) in [5.74, 6) is 0.115. The first-order valence-electron chi connectivity index (χ1n) is 6.80. The second kappa shape index (κ2) is 5.44. The first kappa shape index (κ1) is 14.6. The molecule has 5 heteroatoms. The first-order chi connectivity index (χ1) is 9.97. The van der Waals surface area contributed by atoms with Crippen LogP contribution in [-0.2, 0) is 9.84 Å². The third kappa shape index (κ3) is 2.84. The van der Waals surface area contributed by atoms with Gasteiger partial charge in [-0.2, -0.15) is 0 Å². The van der Waals surface area contributed by atoms with Crippen LogP contribution in [0, 0.1) is 0 Å². The lowest BCUT2D eigenvalue weighted by Crippen LogP contribution is -2.25. The zero-order valence-electron chi connectivity index (χ0n) is 11.6. The Kier molecular flexibility index (Phi) is 3.78. The highest BCUT2D eigenvalue weighted by Crippen LogP contribution is 2.34. The van der Waals surface area contributed by atoms with E-state index in [-0.39, 0.29) is 17.8 Å². The molecule has 1 aliphatic heterocycles. The maximum Gasteiger partial charge on any atom is 0.180 e. The first-order valence-corrected chi connectivity index (χ1v) is 8.83. The fraction of sp³-hybridized carbons (Fsp3) is 0.250. The summed E-state index contributed by atoms with van der Waals surface area (Å²) in [6, 6.07) is 14.7. The molecule has 0 aromatic heterocycles. The van der Waals surface area contributed by atoms with E-state index in [0.717, 1.165) is 11.1 Å². The zero-order chi connectivity index (χ0) is 15.0. The Morgan fingerprint density at radius 2 is 1.81 bits per heavy atom. The van der Waals surface area contributed by atoms with Crippen molar-refractivity contribution in [2.75, 3.05) is 5.75 Å². The molecule has 110 valence electrons. The van der Waals surface area contributed by atoms with Crippen molar-refractivity contribution in [3.63, 3.8) is 0 Å². The fourth-order valence-electron chi connectivity index (χ4n) is 2.74. The molecule has 0 fully saturated rings. The molecule has 0 amide bonds. The number of fused-ring (bicyclic) bond motifs is 1. The van der Waals surface area contributed by atoms with Crippen LogP contribution < -0.4 is 5.32 Å². The topological polar surface area (TPSA) is 46.2 Å². The molecule has 1 aliphatic rings. The summed E-state index contributed by atoms with van der Waals surface area (Å²) in [7, 11) is -3.17. The molecule has 2 atom stereocenters. The lowest BCUT2D eigenvalue weighted by Gasteiger charge is -2.20. The predicted octanol–water partition coefficient (Wildman–Crippen LogP) is 3.52. The van der Waals surface area contributed by atoms with Crippen LogP contribution in [-0.4, -0.2) is 14.2 Å². The number of sulfone groups is 1. The Labute approximate surface area is 129 Å². The molecule has 0 spiro atoms. The van der Waals surface area contributed by atoms with Crippen molar-refractivity contribution >= 4 is 21.4 Å². The number of halogens is 1. The molecule has 1 N–H and O–H groups in total. The van der Waals surface area contributed by atoms with Crippen molar-refractivity contribution in [3.05, 3.63) is 64.7 Å². The summed E-state index contributed by atoms with van der Waals surface area (Å²) in [5, 5.41) is 4.10. The third-order valence-electron chi connectivity index (χ3n) is 3.84. The Morgan fingerprint density at radius 1 is 1.14 bits per heavy atom. The highest BCUT2D eigenvalue weighted by atomic mass is 35.5. The highest BCUT2D eigenvalue weighted by molar-refractivity contribution is 7.91. The average molecular weight is 322 g/mol. The number of hydrogen-bond donors (Lipinski definition) is 1. The normalized spacial score (nSPS) is 21.0. The second-order valence-electron chi connectivity index (χ2n) is 5.31. The van der Waals surface area contributed by atoms with Crippen molar-refractivity contribution < 1.29 is 8.42 Å². The van der Waals surface area contributed by atoms with Crippen LogP contribution in [0.3, 0.4) is 0 Å². The maximum atomic E-state index is 12.2. The molecule has 2 aromatic rings. The minimum absolute atomic E-state index is 0.0497. The van der Waals surface area contributed by atoms with Gasteiger partial charge in [-0.1, -0.05) is 41.9 Å². The lowest BCUT2D eigenvalue weighted by atomic mass is 10.0. The predicted molar refractivity (Wildman–Crippen MR) is 84.2 cm³/mol. The fourth-order valence-corrected chi connectivity index (χ4v) is 4.61. The second-order valence-corrected chi connectivity index (χ2v) is 7.75. The van der Waals surface area contributed by atoms with E-state index in [2.05, 4.69) is 5.32 Å². The van der Waals surface area contributed by atoms with Gasteiger partial charge >= 0.3 is 0 Å². The van der Waals surface area contributed by atoms with E-state index in [0.29, 0.717) is 9.92 Å². The van der Waals surface area contributed by atoms with E-state index >= 15 is 0 Å². The number of hydrogen-bond acceptors (Lipinski definition) is 3. The summed E-state index contributed by atoms with van der Waals surface area (Å²) >= 11 is 5.89. The Bertz CT molecular complexity index is 756. The van der Waals surface area contributed by atoms with Crippen molar-refractivity contribution in [3.8, 4) is 0 Å². The van der Waals surface area contributed by atoms with E-state index in [1.807, 2.05) is 43.3 Å². The number of benzene rings is 2. The molecule has 2 aromatic carbocycles. The number of rotatable bonds is 3. The van der Waals surface area contributed by atoms with Gasteiger partial charge in [-0.15, -0.1) is 0 Å². The van der Waals surface area contributed by atoms with Crippen LogP contribution in [0.15, 0.2) is 53.4 Å². The van der Waals surface area contributed by atoms with Crippen LogP contribution in [0.1, 0.15) is 30.1 Å². The van der Waals surface area contributed by atoms with Crippen LogP contribution in [0.25, 0.3) is 0 Å². The molecule has 0 aliphatic carbocycles. The molecule has 0 saturated heterocycles. The van der Waals surface area contributed by atoms with Crippen LogP contribution in [0.5, 0.6) is 0 Å². The zero-order valence-corrected chi connectivity index (χ0v) is 13.2. The average Bonchev–Trinajstić information content (AvgIpc) is 2.71. The SMILES string of the molecule is CC(NC1CS(=O)(=O)c2ccccc21)c1ccc(Cl)cc1. The monoisotopic (exact) mass is 321 g/mol. The Hall–Kier alpha value is -1.36. The summed E-state index contributed by atoms with van der Waals surface area (Å²) in [6.07, 6.45) is 0. The van der Waals surface area contributed by atoms with Crippen molar-refractivity contribution in [1.82, 2.24) is 5.32 Å². The third-order valence-corrected chi connectivity index (χ3v) is 5.90. The highest BCUT2D eigenvalue weighted by Gasteiger charge is 2.34. The van der Waals surface area contributed by atoms with Crippen molar-refractivity contribution in [2.24, 2.45) is 0 Å².